The number of ketones is 1. The first kappa shape index (κ1) is 22.7. The van der Waals surface area contributed by atoms with E-state index in [0.29, 0.717) is 6.04 Å². The Balaban J connectivity index is 1.25. The maximum atomic E-state index is 12.3. The van der Waals surface area contributed by atoms with Gasteiger partial charge in [-0.05, 0) is 62.8 Å². The third-order valence-electron chi connectivity index (χ3n) is 6.39. The minimum atomic E-state index is -0.0278. The van der Waals surface area contributed by atoms with E-state index in [-0.39, 0.29) is 30.6 Å². The predicted molar refractivity (Wildman–Crippen MR) is 129 cm³/mol. The summed E-state index contributed by atoms with van der Waals surface area (Å²) in [4.78, 5) is 36.8. The van der Waals surface area contributed by atoms with Crippen LogP contribution in [0, 0.1) is 0 Å². The Hall–Kier alpha value is -2.48. The average molecular weight is 456 g/mol. The molecule has 4 rings (SSSR count). The molecule has 0 saturated heterocycles. The van der Waals surface area contributed by atoms with E-state index in [2.05, 4.69) is 15.5 Å². The number of anilines is 2. The maximum Gasteiger partial charge on any atom is 0.225 e. The molecule has 2 aliphatic carbocycles. The lowest BCUT2D eigenvalue weighted by atomic mass is 9.91. The van der Waals surface area contributed by atoms with Gasteiger partial charge in [-0.3, -0.25) is 9.59 Å². The number of nitrogens with one attached hydrogen (secondary N) is 2. The van der Waals surface area contributed by atoms with Gasteiger partial charge in [-0.1, -0.05) is 6.07 Å². The second-order valence-corrected chi connectivity index (χ2v) is 10.0. The molecule has 2 aromatic heterocycles. The zero-order chi connectivity index (χ0) is 22.5. The molecule has 2 aromatic rings. The molecule has 2 N–H and O–H groups in total. The van der Waals surface area contributed by atoms with E-state index < -0.39 is 0 Å². The molecule has 32 heavy (non-hydrogen) atoms. The van der Waals surface area contributed by atoms with Gasteiger partial charge in [0.1, 0.15) is 5.82 Å². The number of fused-ring (bicyclic) bond motifs is 1. The molecule has 1 saturated carbocycles. The zero-order valence-corrected chi connectivity index (χ0v) is 19.8. The average Bonchev–Trinajstić information content (AvgIpc) is 3.33. The lowest BCUT2D eigenvalue weighted by molar-refractivity contribution is -0.122. The van der Waals surface area contributed by atoms with Crippen molar-refractivity contribution in [1.29, 1.82) is 0 Å². The third-order valence-corrected chi connectivity index (χ3v) is 7.30. The highest BCUT2D eigenvalue weighted by Crippen LogP contribution is 2.29. The Kier molecular flexibility index (Phi) is 7.40. The molecule has 0 spiro atoms. The fourth-order valence-corrected chi connectivity index (χ4v) is 5.36. The van der Waals surface area contributed by atoms with Crippen LogP contribution < -0.4 is 15.5 Å². The van der Waals surface area contributed by atoms with E-state index in [0.717, 1.165) is 55.2 Å². The molecule has 2 aliphatic rings. The van der Waals surface area contributed by atoms with Crippen molar-refractivity contribution in [2.45, 2.75) is 76.3 Å². The number of aromatic nitrogens is 2. The van der Waals surface area contributed by atoms with Crippen molar-refractivity contribution in [3.05, 3.63) is 33.6 Å². The van der Waals surface area contributed by atoms with E-state index in [1.807, 2.05) is 31.6 Å². The van der Waals surface area contributed by atoms with Gasteiger partial charge in [0.25, 0.3) is 0 Å². The molecule has 0 atom stereocenters. The summed E-state index contributed by atoms with van der Waals surface area (Å²) in [5, 5.41) is 8.55. The number of hydrogen-bond acceptors (Lipinski definition) is 7. The number of aryl methyl sites for hydroxylation is 1. The van der Waals surface area contributed by atoms with Crippen LogP contribution in [0.2, 0.25) is 0 Å². The van der Waals surface area contributed by atoms with E-state index in [9.17, 15) is 9.59 Å². The predicted octanol–water partition coefficient (Wildman–Crippen LogP) is 3.99. The van der Waals surface area contributed by atoms with Gasteiger partial charge in [0, 0.05) is 44.6 Å². The van der Waals surface area contributed by atoms with E-state index >= 15 is 0 Å². The van der Waals surface area contributed by atoms with Gasteiger partial charge < -0.3 is 15.5 Å². The topological polar surface area (TPSA) is 87.2 Å². The fourth-order valence-electron chi connectivity index (χ4n) is 4.66. The SMILES string of the molecule is CN(C)c1nc(N[C@H]2CC[C@@H](NC(=O)CCC(=O)c3cccs3)CC2)nc2c1CCCC2. The van der Waals surface area contributed by atoms with Crippen LogP contribution >= 0.6 is 11.3 Å². The molecule has 172 valence electrons. The standard InChI is InChI=1S/C24H33N5O2S/c1-29(2)23-18-6-3-4-7-19(18)27-24(28-23)26-17-11-9-16(10-12-17)25-22(31)14-13-20(30)21-8-5-15-32-21/h5,8,15-17H,3-4,6-7,9-14H2,1-2H3,(H,25,31)(H,26,27,28)/t16-,17+. The van der Waals surface area contributed by atoms with Crippen molar-refractivity contribution in [2.24, 2.45) is 0 Å². The monoisotopic (exact) mass is 455 g/mol. The van der Waals surface area contributed by atoms with Crippen LogP contribution in [0.1, 0.15) is 72.3 Å². The largest absolute Gasteiger partial charge is 0.362 e. The number of hydrogen-bond donors (Lipinski definition) is 2. The van der Waals surface area contributed by atoms with E-state index in [1.54, 1.807) is 0 Å². The highest BCUT2D eigenvalue weighted by Gasteiger charge is 2.25. The molecule has 1 amide bonds. The van der Waals surface area contributed by atoms with Crippen molar-refractivity contribution in [3.8, 4) is 0 Å². The van der Waals surface area contributed by atoms with Gasteiger partial charge in [-0.25, -0.2) is 4.98 Å². The molecule has 8 heteroatoms. The fraction of sp³-hybridized carbons (Fsp3) is 0.583. The lowest BCUT2D eigenvalue weighted by Gasteiger charge is -2.30. The Bertz CT molecular complexity index is 936. The summed E-state index contributed by atoms with van der Waals surface area (Å²) in [5.74, 6) is 1.79. The summed E-state index contributed by atoms with van der Waals surface area (Å²) in [7, 11) is 4.09. The Morgan fingerprint density at radius 3 is 2.53 bits per heavy atom. The second-order valence-electron chi connectivity index (χ2n) is 9.06. The summed E-state index contributed by atoms with van der Waals surface area (Å²) < 4.78 is 0. The number of Topliss-reactive ketones (excluding diaryl/α,β-unsaturated/α-hetero) is 1. The van der Waals surface area contributed by atoms with Gasteiger partial charge in [0.05, 0.1) is 10.6 Å². The van der Waals surface area contributed by atoms with Crippen LogP contribution in [-0.4, -0.2) is 47.8 Å². The van der Waals surface area contributed by atoms with Gasteiger partial charge in [-0.2, -0.15) is 4.98 Å². The van der Waals surface area contributed by atoms with Gasteiger partial charge in [-0.15, -0.1) is 11.3 Å². The first-order valence-corrected chi connectivity index (χ1v) is 12.6. The number of carbonyl (C=O) groups is 2. The Morgan fingerprint density at radius 1 is 1.06 bits per heavy atom. The molecule has 0 bridgehead atoms. The smallest absolute Gasteiger partial charge is 0.225 e. The number of thiophene rings is 1. The van der Waals surface area contributed by atoms with Crippen LogP contribution in [0.3, 0.4) is 0 Å². The minimum absolute atomic E-state index is 0.0278. The first-order valence-electron chi connectivity index (χ1n) is 11.7. The summed E-state index contributed by atoms with van der Waals surface area (Å²) in [6.07, 6.45) is 8.81. The lowest BCUT2D eigenvalue weighted by Crippen LogP contribution is -2.40. The molecule has 2 heterocycles. The molecular formula is C24H33N5O2S. The third kappa shape index (κ3) is 5.65. The molecule has 0 aliphatic heterocycles. The zero-order valence-electron chi connectivity index (χ0n) is 19.0. The number of nitrogens with zero attached hydrogens (tertiary/aromatic N) is 3. The van der Waals surface area contributed by atoms with Crippen LogP contribution in [0.5, 0.6) is 0 Å². The summed E-state index contributed by atoms with van der Waals surface area (Å²) in [6, 6.07) is 4.17. The summed E-state index contributed by atoms with van der Waals surface area (Å²) in [6.45, 7) is 0. The number of carbonyl (C=O) groups excluding carboxylic acids is 2. The van der Waals surface area contributed by atoms with Crippen molar-refractivity contribution in [3.63, 3.8) is 0 Å². The number of amides is 1. The van der Waals surface area contributed by atoms with Crippen LogP contribution in [0.15, 0.2) is 17.5 Å². The minimum Gasteiger partial charge on any atom is -0.362 e. The highest BCUT2D eigenvalue weighted by molar-refractivity contribution is 7.12. The Morgan fingerprint density at radius 2 is 1.81 bits per heavy atom. The Labute approximate surface area is 194 Å². The molecule has 7 nitrogen and oxygen atoms in total. The first-order chi connectivity index (χ1) is 15.5. The quantitative estimate of drug-likeness (QED) is 0.586. The van der Waals surface area contributed by atoms with Gasteiger partial charge in [0.15, 0.2) is 5.78 Å². The highest BCUT2D eigenvalue weighted by atomic mass is 32.1. The molecule has 0 aromatic carbocycles. The maximum absolute atomic E-state index is 12.3. The molecular weight excluding hydrogens is 422 g/mol. The van der Waals surface area contributed by atoms with Crippen LogP contribution in [-0.2, 0) is 17.6 Å². The van der Waals surface area contributed by atoms with E-state index in [1.165, 1.54) is 35.4 Å². The van der Waals surface area contributed by atoms with E-state index in [4.69, 9.17) is 9.97 Å². The van der Waals surface area contributed by atoms with Crippen molar-refractivity contribution in [2.75, 3.05) is 24.3 Å². The van der Waals surface area contributed by atoms with Crippen molar-refractivity contribution in [1.82, 2.24) is 15.3 Å². The van der Waals surface area contributed by atoms with Crippen LogP contribution in [0.4, 0.5) is 11.8 Å². The second kappa shape index (κ2) is 10.4. The normalized spacial score (nSPS) is 20.3. The van der Waals surface area contributed by atoms with Gasteiger partial charge >= 0.3 is 0 Å². The molecule has 1 fully saturated rings. The number of rotatable bonds is 8. The molecule has 0 radical (unpaired) electrons. The molecule has 0 unspecified atom stereocenters. The summed E-state index contributed by atoms with van der Waals surface area (Å²) >= 11 is 1.43. The van der Waals surface area contributed by atoms with Crippen molar-refractivity contribution >= 4 is 34.8 Å². The van der Waals surface area contributed by atoms with Crippen LogP contribution in [0.25, 0.3) is 0 Å². The summed E-state index contributed by atoms with van der Waals surface area (Å²) in [5.41, 5.74) is 2.49. The van der Waals surface area contributed by atoms with Crippen molar-refractivity contribution < 1.29 is 9.59 Å². The van der Waals surface area contributed by atoms with Gasteiger partial charge in [0.2, 0.25) is 11.9 Å².